The van der Waals surface area contributed by atoms with Gasteiger partial charge in [-0.1, -0.05) is 6.85 Å². The average molecular weight is 94.2 g/mol. The Morgan fingerprint density at radius 1 is 2.17 bits per heavy atom. The molecule has 0 atom stereocenters. The monoisotopic (exact) mass is 94.1 g/mol. The summed E-state index contributed by atoms with van der Waals surface area (Å²) in [6.45, 7) is -5.46. The number of hydrogen-bond acceptors (Lipinski definition) is 2. The van der Waals surface area contributed by atoms with Crippen LogP contribution in [0.4, 0.5) is 0 Å². The van der Waals surface area contributed by atoms with Crippen LogP contribution in [0.1, 0.15) is 13.7 Å². The lowest BCUT2D eigenvalue weighted by molar-refractivity contribution is 0.293. The van der Waals surface area contributed by atoms with Crippen LogP contribution >= 0.6 is 0 Å². The lowest BCUT2D eigenvalue weighted by atomic mass is 10.6. The molecule has 0 spiro atoms. The van der Waals surface area contributed by atoms with Gasteiger partial charge in [0.25, 0.3) is 0 Å². The molecule has 38 valence electrons. The molecule has 0 saturated carbocycles. The molecule has 6 heavy (non-hydrogen) atoms. The lowest BCUT2D eigenvalue weighted by Crippen LogP contribution is -2.16. The molecule has 0 aliphatic rings. The molecule has 0 bridgehead atoms. The first-order valence-corrected chi connectivity index (χ1v) is 1.67. The fraction of sp³-hybridized carbons (Fsp3) is 1.00. The second kappa shape index (κ2) is 4.92. The minimum absolute atomic E-state index is 0.0641. The second-order valence-electron chi connectivity index (χ2n) is 0.775. The number of aliphatic hydroxyl groups is 1. The smallest absolute Gasteiger partial charge is 0.0555 e. The molecule has 0 saturated heterocycles. The van der Waals surface area contributed by atoms with Gasteiger partial charge in [-0.3, -0.25) is 0 Å². The highest BCUT2D eigenvalue weighted by atomic mass is 16.3. The lowest BCUT2D eigenvalue weighted by Gasteiger charge is -1.91. The molecule has 0 heterocycles. The molecule has 0 aromatic carbocycles. The van der Waals surface area contributed by atoms with Crippen LogP contribution in [0.5, 0.6) is 0 Å². The summed E-state index contributed by atoms with van der Waals surface area (Å²) in [5.41, 5.74) is 0. The second-order valence-corrected chi connectivity index (χ2v) is 0.775. The summed E-state index contributed by atoms with van der Waals surface area (Å²) in [5.74, 6) is 0. The Kier molecular flexibility index (Phi) is 1.19. The van der Waals surface area contributed by atoms with Crippen molar-refractivity contribution in [3.8, 4) is 0 Å². The summed E-state index contributed by atoms with van der Waals surface area (Å²) in [7, 11) is 0. The topological polar surface area (TPSA) is 32.3 Å². The molecule has 0 rings (SSSR count). The molecule has 0 unspecified atom stereocenters. The third kappa shape index (κ3) is 3.92. The zero-order valence-corrected chi connectivity index (χ0v) is 3.36. The van der Waals surface area contributed by atoms with Crippen LogP contribution in [0, 0.1) is 0 Å². The van der Waals surface area contributed by atoms with Crippen molar-refractivity contribution in [2.45, 2.75) is 6.85 Å². The Morgan fingerprint density at radius 2 is 3.00 bits per heavy atom. The van der Waals surface area contributed by atoms with E-state index in [2.05, 4.69) is 5.32 Å². The quantitative estimate of drug-likeness (QED) is 0.498. The summed E-state index contributed by atoms with van der Waals surface area (Å²) in [5, 5.41) is 10.4. The molecule has 0 fully saturated rings. The van der Waals surface area contributed by atoms with E-state index < -0.39 is 13.3 Å². The summed E-state index contributed by atoms with van der Waals surface area (Å²) < 4.78 is 34.1. The van der Waals surface area contributed by atoms with Gasteiger partial charge >= 0.3 is 0 Å². The number of nitrogens with one attached hydrogen (secondary N) is 1. The van der Waals surface area contributed by atoms with Gasteiger partial charge in [0.15, 0.2) is 0 Å². The Bertz CT molecular complexity index is 122. The summed E-state index contributed by atoms with van der Waals surface area (Å²) in [4.78, 5) is 0. The normalized spacial score (nSPS) is 25.8. The Labute approximate surface area is 45.2 Å². The van der Waals surface area contributed by atoms with Crippen molar-refractivity contribution in [3.63, 3.8) is 0 Å². The molecular weight excluding hydrogens is 78.0 g/mol. The van der Waals surface area contributed by atoms with Gasteiger partial charge in [-0.25, -0.2) is 0 Å². The SMILES string of the molecule is [2H]C([2H])([2H])C([2H])([2H])NCCO. The first-order valence-electron chi connectivity index (χ1n) is 4.17. The molecule has 2 heteroatoms. The van der Waals surface area contributed by atoms with Crippen LogP contribution < -0.4 is 5.32 Å². The van der Waals surface area contributed by atoms with E-state index >= 15 is 0 Å². The Hall–Kier alpha value is -0.0800. The maximum atomic E-state index is 8.28. The average Bonchev–Trinajstić information content (AvgIpc) is 1.81. The number of likely N-dealkylation sites (N-methyl/N-ethyl adjacent to an activating group) is 1. The van der Waals surface area contributed by atoms with Gasteiger partial charge in [0.2, 0.25) is 0 Å². The number of hydrogen-bond donors (Lipinski definition) is 2. The molecule has 2 nitrogen and oxygen atoms in total. The van der Waals surface area contributed by atoms with E-state index in [4.69, 9.17) is 12.0 Å². The zero-order valence-electron chi connectivity index (χ0n) is 8.36. The summed E-state index contributed by atoms with van der Waals surface area (Å²) >= 11 is 0. The molecule has 0 radical (unpaired) electrons. The van der Waals surface area contributed by atoms with E-state index in [1.807, 2.05) is 0 Å². The van der Waals surface area contributed by atoms with Gasteiger partial charge in [-0.15, -0.1) is 0 Å². The van der Waals surface area contributed by atoms with Crippen LogP contribution in [0.3, 0.4) is 0 Å². The van der Waals surface area contributed by atoms with E-state index in [1.54, 1.807) is 0 Å². The van der Waals surface area contributed by atoms with E-state index in [-0.39, 0.29) is 13.2 Å². The molecular formula is C4H11NO. The fourth-order valence-electron chi connectivity index (χ4n) is 0.118. The molecule has 0 aliphatic heterocycles. The van der Waals surface area contributed by atoms with Gasteiger partial charge in [-0.05, 0) is 6.50 Å². The predicted octanol–water partition coefficient (Wildman–Crippen LogP) is -0.412. The third-order valence-corrected chi connectivity index (χ3v) is 0.325. The highest BCUT2D eigenvalue weighted by Gasteiger charge is 1.72. The van der Waals surface area contributed by atoms with Gasteiger partial charge in [0.05, 0.1) is 6.61 Å². The minimum atomic E-state index is -2.69. The van der Waals surface area contributed by atoms with Crippen molar-refractivity contribution >= 4 is 0 Å². The number of aliphatic hydroxyl groups excluding tert-OH is 1. The van der Waals surface area contributed by atoms with Gasteiger partial charge in [-0.2, -0.15) is 0 Å². The van der Waals surface area contributed by atoms with Gasteiger partial charge < -0.3 is 10.4 Å². The van der Waals surface area contributed by atoms with E-state index in [0.717, 1.165) is 0 Å². The van der Waals surface area contributed by atoms with E-state index in [0.29, 0.717) is 0 Å². The highest BCUT2D eigenvalue weighted by Crippen LogP contribution is 1.51. The van der Waals surface area contributed by atoms with Gasteiger partial charge in [0.1, 0.15) is 0 Å². The highest BCUT2D eigenvalue weighted by molar-refractivity contribution is 4.35. The van der Waals surface area contributed by atoms with Crippen molar-refractivity contribution in [3.05, 3.63) is 0 Å². The van der Waals surface area contributed by atoms with Crippen molar-refractivity contribution in [2.24, 2.45) is 0 Å². The summed E-state index contributed by atoms with van der Waals surface area (Å²) in [6.07, 6.45) is 0. The van der Waals surface area contributed by atoms with E-state index in [9.17, 15) is 0 Å². The maximum absolute atomic E-state index is 8.28. The van der Waals surface area contributed by atoms with Crippen LogP contribution in [0.25, 0.3) is 0 Å². The van der Waals surface area contributed by atoms with Crippen LogP contribution in [-0.2, 0) is 0 Å². The standard InChI is InChI=1S/C4H11NO/c1-2-5-3-4-6/h5-6H,2-4H2,1H3/i1D3,2D2. The minimum Gasteiger partial charge on any atom is -0.395 e. The number of rotatable bonds is 3. The van der Waals surface area contributed by atoms with E-state index in [1.165, 1.54) is 0 Å². The first-order chi connectivity index (χ1) is 4.81. The molecule has 0 aliphatic carbocycles. The zero-order chi connectivity index (χ0) is 9.12. The van der Waals surface area contributed by atoms with Crippen molar-refractivity contribution < 1.29 is 12.0 Å². The largest absolute Gasteiger partial charge is 0.395 e. The predicted molar refractivity (Wildman–Crippen MR) is 25.6 cm³/mol. The molecule has 0 aromatic heterocycles. The molecule has 2 N–H and O–H groups in total. The molecule has 0 amide bonds. The maximum Gasteiger partial charge on any atom is 0.0555 e. The fourth-order valence-corrected chi connectivity index (χ4v) is 0.118. The first kappa shape index (κ1) is 1.46. The van der Waals surface area contributed by atoms with Crippen molar-refractivity contribution in [2.75, 3.05) is 19.6 Å². The van der Waals surface area contributed by atoms with Crippen molar-refractivity contribution in [1.29, 1.82) is 0 Å². The van der Waals surface area contributed by atoms with Gasteiger partial charge in [0, 0.05) is 13.4 Å². The van der Waals surface area contributed by atoms with Crippen LogP contribution in [0.15, 0.2) is 0 Å². The van der Waals surface area contributed by atoms with Crippen LogP contribution in [0.2, 0.25) is 0 Å². The van der Waals surface area contributed by atoms with Crippen molar-refractivity contribution in [1.82, 2.24) is 5.32 Å². The summed E-state index contributed by atoms with van der Waals surface area (Å²) in [6, 6.07) is 0. The van der Waals surface area contributed by atoms with Crippen LogP contribution in [-0.4, -0.2) is 24.8 Å². The Morgan fingerprint density at radius 3 is 3.50 bits per heavy atom. The third-order valence-electron chi connectivity index (χ3n) is 0.325. The molecule has 0 aromatic rings. The Balaban J connectivity index is 4.00.